The highest BCUT2D eigenvalue weighted by Gasteiger charge is 2.37. The van der Waals surface area contributed by atoms with Gasteiger partial charge in [0.25, 0.3) is 5.91 Å². The normalized spacial score (nSPS) is 12.2. The summed E-state index contributed by atoms with van der Waals surface area (Å²) in [6.45, 7) is 17.2. The zero-order valence-corrected chi connectivity index (χ0v) is 25.4. The first-order chi connectivity index (χ1) is 17.0. The fraction of sp³-hybridized carbons (Fsp3) is 0.481. The Morgan fingerprint density at radius 1 is 0.946 bits per heavy atom. The molecule has 0 unspecified atom stereocenters. The molecule has 0 atom stereocenters. The van der Waals surface area contributed by atoms with Crippen molar-refractivity contribution < 1.29 is 23.5 Å². The molecule has 0 fully saturated rings. The topological polar surface area (TPSA) is 85.9 Å². The summed E-state index contributed by atoms with van der Waals surface area (Å²) >= 11 is 12.6. The highest BCUT2D eigenvalue weighted by Crippen LogP contribution is 2.37. The lowest BCUT2D eigenvalue weighted by molar-refractivity contribution is 0.0520. The van der Waals surface area contributed by atoms with Crippen LogP contribution in [0.25, 0.3) is 0 Å². The minimum Gasteiger partial charge on any atom is -0.489 e. The highest BCUT2D eigenvalue weighted by molar-refractivity contribution is 6.74. The van der Waals surface area contributed by atoms with Crippen LogP contribution in [0, 0.1) is 0 Å². The van der Waals surface area contributed by atoms with Crippen LogP contribution in [0.1, 0.15) is 57.5 Å². The van der Waals surface area contributed by atoms with Crippen molar-refractivity contribution in [1.29, 1.82) is 0 Å². The van der Waals surface area contributed by atoms with Gasteiger partial charge in [-0.15, -0.1) is 0 Å². The van der Waals surface area contributed by atoms with Crippen molar-refractivity contribution in [2.24, 2.45) is 0 Å². The lowest BCUT2D eigenvalue weighted by atomic mass is 10.1. The van der Waals surface area contributed by atoms with Gasteiger partial charge in [-0.2, -0.15) is 0 Å². The minimum absolute atomic E-state index is 0.121. The second-order valence-corrected chi connectivity index (χ2v) is 16.9. The number of rotatable bonds is 9. The van der Waals surface area contributed by atoms with Crippen molar-refractivity contribution in [2.75, 3.05) is 18.5 Å². The molecule has 0 aliphatic carbocycles. The molecule has 7 nitrogen and oxygen atoms in total. The predicted octanol–water partition coefficient (Wildman–Crippen LogP) is 7.67. The lowest BCUT2D eigenvalue weighted by Crippen LogP contribution is -2.40. The lowest BCUT2D eigenvalue weighted by Gasteiger charge is -2.36. The summed E-state index contributed by atoms with van der Waals surface area (Å²) in [6, 6.07) is 10.5. The van der Waals surface area contributed by atoms with E-state index in [4.69, 9.17) is 37.1 Å². The quantitative estimate of drug-likeness (QED) is 0.239. The molecule has 0 bridgehead atoms. The standard InChI is InChI=1S/C27H38Cl2N2O5Si/c1-26(2,3)36-25(33)30-13-14-34-23-21(28)15-19(16-22(23)29)24(32)31-20-11-9-18(10-12-20)17-35-37(7,8)27(4,5)6/h9-12,15-16H,13-14,17H2,1-8H3,(H,30,33)(H,31,32). The van der Waals surface area contributed by atoms with Crippen LogP contribution in [-0.4, -0.2) is 39.1 Å². The molecule has 0 saturated heterocycles. The summed E-state index contributed by atoms with van der Waals surface area (Å²) in [5.41, 5.74) is 1.38. The fourth-order valence-corrected chi connectivity index (χ4v) is 4.37. The number of ether oxygens (including phenoxy) is 2. The summed E-state index contributed by atoms with van der Waals surface area (Å²) in [5, 5.41) is 5.95. The number of carbonyl (C=O) groups is 2. The maximum atomic E-state index is 12.8. The van der Waals surface area contributed by atoms with E-state index in [1.807, 2.05) is 24.3 Å². The predicted molar refractivity (Wildman–Crippen MR) is 153 cm³/mol. The average Bonchev–Trinajstić information content (AvgIpc) is 2.75. The molecule has 2 aromatic rings. The number of carbonyl (C=O) groups excluding carboxylic acids is 2. The van der Waals surface area contributed by atoms with E-state index in [0.29, 0.717) is 17.9 Å². The van der Waals surface area contributed by atoms with Gasteiger partial charge in [-0.25, -0.2) is 4.79 Å². The third-order valence-electron chi connectivity index (χ3n) is 5.89. The van der Waals surface area contributed by atoms with Gasteiger partial charge in [0.2, 0.25) is 0 Å². The van der Waals surface area contributed by atoms with Crippen molar-refractivity contribution in [2.45, 2.75) is 71.9 Å². The largest absolute Gasteiger partial charge is 0.489 e. The summed E-state index contributed by atoms with van der Waals surface area (Å²) in [4.78, 5) is 24.5. The summed E-state index contributed by atoms with van der Waals surface area (Å²) < 4.78 is 17.0. The van der Waals surface area contributed by atoms with Crippen LogP contribution in [0.15, 0.2) is 36.4 Å². The number of anilines is 1. The van der Waals surface area contributed by atoms with E-state index in [-0.39, 0.29) is 39.9 Å². The Hall–Kier alpha value is -2.26. The third-order valence-corrected chi connectivity index (χ3v) is 10.9. The van der Waals surface area contributed by atoms with Crippen LogP contribution in [0.3, 0.4) is 0 Å². The Kier molecular flexibility index (Phi) is 10.5. The molecule has 2 aromatic carbocycles. The first kappa shape index (κ1) is 31.0. The van der Waals surface area contributed by atoms with Gasteiger partial charge < -0.3 is 24.5 Å². The van der Waals surface area contributed by atoms with Gasteiger partial charge in [-0.3, -0.25) is 4.79 Å². The number of hydrogen-bond donors (Lipinski definition) is 2. The fourth-order valence-electron chi connectivity index (χ4n) is 2.82. The molecule has 0 aliphatic heterocycles. The van der Waals surface area contributed by atoms with Crippen LogP contribution in [0.2, 0.25) is 28.2 Å². The molecule has 0 saturated carbocycles. The van der Waals surface area contributed by atoms with E-state index >= 15 is 0 Å². The average molecular weight is 570 g/mol. The van der Waals surface area contributed by atoms with Crippen molar-refractivity contribution >= 4 is 49.2 Å². The van der Waals surface area contributed by atoms with Crippen LogP contribution in [0.4, 0.5) is 10.5 Å². The molecular weight excluding hydrogens is 531 g/mol. The molecule has 0 spiro atoms. The van der Waals surface area contributed by atoms with E-state index in [1.54, 1.807) is 20.8 Å². The Morgan fingerprint density at radius 3 is 2.03 bits per heavy atom. The molecule has 2 rings (SSSR count). The maximum absolute atomic E-state index is 12.8. The monoisotopic (exact) mass is 568 g/mol. The second kappa shape index (κ2) is 12.5. The second-order valence-electron chi connectivity index (χ2n) is 11.2. The van der Waals surface area contributed by atoms with Gasteiger partial charge in [0.15, 0.2) is 14.1 Å². The smallest absolute Gasteiger partial charge is 0.407 e. The molecule has 2 N–H and O–H groups in total. The number of amides is 2. The SMILES string of the molecule is CC(C)(C)OC(=O)NCCOc1c(Cl)cc(C(=O)Nc2ccc(CO[Si](C)(C)C(C)(C)C)cc2)cc1Cl. The highest BCUT2D eigenvalue weighted by atomic mass is 35.5. The minimum atomic E-state index is -1.84. The Morgan fingerprint density at radius 2 is 1.51 bits per heavy atom. The van der Waals surface area contributed by atoms with Gasteiger partial charge >= 0.3 is 6.09 Å². The Balaban J connectivity index is 1.93. The molecule has 2 amide bonds. The third kappa shape index (κ3) is 9.85. The number of hydrogen-bond acceptors (Lipinski definition) is 5. The van der Waals surface area contributed by atoms with Crippen molar-refractivity contribution in [3.8, 4) is 5.75 Å². The summed E-state index contributed by atoms with van der Waals surface area (Å²) in [5.74, 6) is -0.121. The van der Waals surface area contributed by atoms with Crippen molar-refractivity contribution in [3.05, 3.63) is 57.6 Å². The molecule has 10 heteroatoms. The molecule has 0 aromatic heterocycles. The van der Waals surface area contributed by atoms with Crippen LogP contribution < -0.4 is 15.4 Å². The van der Waals surface area contributed by atoms with Crippen LogP contribution >= 0.6 is 23.2 Å². The van der Waals surface area contributed by atoms with Gasteiger partial charge in [0.05, 0.1) is 23.2 Å². The summed E-state index contributed by atoms with van der Waals surface area (Å²) in [6.07, 6.45) is -0.545. The number of halogens is 2. The molecule has 0 radical (unpaired) electrons. The molecule has 204 valence electrons. The van der Waals surface area contributed by atoms with E-state index in [2.05, 4.69) is 44.5 Å². The van der Waals surface area contributed by atoms with Gasteiger partial charge in [-0.1, -0.05) is 56.1 Å². The molecule has 37 heavy (non-hydrogen) atoms. The van der Waals surface area contributed by atoms with E-state index in [9.17, 15) is 9.59 Å². The Labute approximate surface area is 231 Å². The van der Waals surface area contributed by atoms with E-state index in [0.717, 1.165) is 5.56 Å². The molecule has 0 aliphatic rings. The van der Waals surface area contributed by atoms with Crippen molar-refractivity contribution in [3.63, 3.8) is 0 Å². The maximum Gasteiger partial charge on any atom is 0.407 e. The first-order valence-corrected chi connectivity index (χ1v) is 15.8. The first-order valence-electron chi connectivity index (χ1n) is 12.1. The van der Waals surface area contributed by atoms with Crippen LogP contribution in [0.5, 0.6) is 5.75 Å². The number of alkyl carbamates (subject to hydrolysis) is 1. The van der Waals surface area contributed by atoms with Gasteiger partial charge in [-0.05, 0) is 68.7 Å². The molecular formula is C27H38Cl2N2O5Si. The number of benzene rings is 2. The van der Waals surface area contributed by atoms with Gasteiger partial charge in [0.1, 0.15) is 12.2 Å². The Bertz CT molecular complexity index is 1070. The van der Waals surface area contributed by atoms with E-state index in [1.165, 1.54) is 12.1 Å². The molecule has 0 heterocycles. The number of nitrogens with one attached hydrogen (secondary N) is 2. The summed E-state index contributed by atoms with van der Waals surface area (Å²) in [7, 11) is -1.84. The van der Waals surface area contributed by atoms with E-state index < -0.39 is 20.0 Å². The van der Waals surface area contributed by atoms with Crippen molar-refractivity contribution in [1.82, 2.24) is 5.32 Å². The van der Waals surface area contributed by atoms with Gasteiger partial charge in [0, 0.05) is 11.3 Å². The zero-order chi connectivity index (χ0) is 28.0. The van der Waals surface area contributed by atoms with Crippen LogP contribution in [-0.2, 0) is 15.8 Å². The zero-order valence-electron chi connectivity index (χ0n) is 22.9.